The molecule has 0 aliphatic heterocycles. The first-order valence-electron chi connectivity index (χ1n) is 19.4. The summed E-state index contributed by atoms with van der Waals surface area (Å²) in [6.45, 7) is 6.82. The van der Waals surface area contributed by atoms with Gasteiger partial charge in [0.1, 0.15) is 6.04 Å². The minimum absolute atomic E-state index is 0.0950. The van der Waals surface area contributed by atoms with Gasteiger partial charge in [-0.2, -0.15) is 8.42 Å². The molecule has 0 saturated heterocycles. The van der Waals surface area contributed by atoms with E-state index in [0.29, 0.717) is 32.2 Å². The van der Waals surface area contributed by atoms with E-state index >= 15 is 0 Å². The highest BCUT2D eigenvalue weighted by atomic mass is 32.2. The Kier molecular flexibility index (Phi) is 29.1. The van der Waals surface area contributed by atoms with E-state index in [1.807, 2.05) is 0 Å². The van der Waals surface area contributed by atoms with Crippen molar-refractivity contribution in [3.05, 3.63) is 0 Å². The Balaban J connectivity index is 3.94. The highest BCUT2D eigenvalue weighted by Crippen LogP contribution is 2.13. The van der Waals surface area contributed by atoms with Gasteiger partial charge in [-0.25, -0.2) is 4.79 Å². The number of nitrogens with zero attached hydrogens (tertiary/aromatic N) is 1. The Morgan fingerprint density at radius 1 is 0.646 bits per heavy atom. The third-order valence-corrected chi connectivity index (χ3v) is 9.79. The van der Waals surface area contributed by atoms with E-state index in [1.165, 1.54) is 64.2 Å². The number of ether oxygens (including phenoxy) is 1. The second-order valence-corrected chi connectivity index (χ2v) is 15.8. The number of esters is 1. The average molecular weight is 705 g/mol. The Hall–Kier alpha value is -1.72. The molecular weight excluding hydrogens is 630 g/mol. The monoisotopic (exact) mass is 705 g/mol. The normalized spacial score (nSPS) is 12.5. The van der Waals surface area contributed by atoms with E-state index in [4.69, 9.17) is 9.29 Å². The van der Waals surface area contributed by atoms with E-state index in [0.717, 1.165) is 81.8 Å². The lowest BCUT2D eigenvalue weighted by Gasteiger charge is -2.29. The molecule has 0 heterocycles. The fourth-order valence-corrected chi connectivity index (χ4v) is 6.54. The zero-order valence-electron chi connectivity index (χ0n) is 31.3. The maximum absolute atomic E-state index is 12.6. The molecule has 48 heavy (non-hydrogen) atoms. The Labute approximate surface area is 294 Å². The first kappa shape index (κ1) is 46.3. The number of quaternary nitrogens is 1. The van der Waals surface area contributed by atoms with Gasteiger partial charge in [0.05, 0.1) is 39.5 Å². The summed E-state index contributed by atoms with van der Waals surface area (Å²) < 4.78 is 36.6. The molecule has 11 heteroatoms. The van der Waals surface area contributed by atoms with Crippen molar-refractivity contribution in [1.29, 1.82) is 0 Å². The Morgan fingerprint density at radius 2 is 1.12 bits per heavy atom. The van der Waals surface area contributed by atoms with Crippen molar-refractivity contribution in [1.82, 2.24) is 10.6 Å². The number of nitrogens with one attached hydrogen (secondary N) is 2. The van der Waals surface area contributed by atoms with Crippen molar-refractivity contribution in [3.63, 3.8) is 0 Å². The van der Waals surface area contributed by atoms with Gasteiger partial charge in [0.25, 0.3) is 10.1 Å². The predicted molar refractivity (Wildman–Crippen MR) is 196 cm³/mol. The van der Waals surface area contributed by atoms with E-state index < -0.39 is 16.2 Å². The van der Waals surface area contributed by atoms with Crippen LogP contribution in [0.1, 0.15) is 168 Å². The van der Waals surface area contributed by atoms with Gasteiger partial charge < -0.3 is 19.9 Å². The van der Waals surface area contributed by atoms with E-state index in [9.17, 15) is 22.8 Å². The topological polar surface area (TPSA) is 139 Å². The molecule has 0 aliphatic rings. The van der Waals surface area contributed by atoms with Gasteiger partial charge in [0.15, 0.2) is 0 Å². The van der Waals surface area contributed by atoms with Crippen molar-refractivity contribution < 1.29 is 36.6 Å². The number of carbonyl (C=O) groups excluding carboxylic acids is 3. The van der Waals surface area contributed by atoms with Crippen LogP contribution in [0.2, 0.25) is 0 Å². The molecule has 1 unspecified atom stereocenters. The molecule has 0 rings (SSSR count). The van der Waals surface area contributed by atoms with Gasteiger partial charge in [0.2, 0.25) is 11.8 Å². The summed E-state index contributed by atoms with van der Waals surface area (Å²) in [6, 6.07) is -0.643. The van der Waals surface area contributed by atoms with Gasteiger partial charge in [-0.15, -0.1) is 0 Å². The maximum Gasteiger partial charge on any atom is 0.328 e. The fourth-order valence-electron chi connectivity index (χ4n) is 5.97. The summed E-state index contributed by atoms with van der Waals surface area (Å²) in [5.74, 6) is -0.563. The summed E-state index contributed by atoms with van der Waals surface area (Å²) in [7, 11) is 0.475. The van der Waals surface area contributed by atoms with Crippen LogP contribution in [-0.2, 0) is 29.2 Å². The number of hydrogen-bond acceptors (Lipinski definition) is 6. The number of amides is 2. The highest BCUT2D eigenvalue weighted by molar-refractivity contribution is 7.85. The lowest BCUT2D eigenvalue weighted by Crippen LogP contribution is -2.41. The molecule has 284 valence electrons. The zero-order valence-corrected chi connectivity index (χ0v) is 32.2. The molecule has 0 aromatic carbocycles. The smallest absolute Gasteiger partial charge is 0.328 e. The zero-order chi connectivity index (χ0) is 35.9. The first-order chi connectivity index (χ1) is 22.9. The molecule has 3 N–H and O–H groups in total. The van der Waals surface area contributed by atoms with Gasteiger partial charge >= 0.3 is 5.97 Å². The second kappa shape index (κ2) is 30.1. The van der Waals surface area contributed by atoms with Crippen molar-refractivity contribution >= 4 is 27.9 Å². The maximum atomic E-state index is 12.6. The SMILES string of the molecule is CCCCCCCCCCCC(=O)NCCCCC(NC(=O)CCCCCCCCCC[N+](C)(C)CCCCS(=O)(=O)O)C(=O)OCC. The van der Waals surface area contributed by atoms with Crippen molar-refractivity contribution in [2.75, 3.05) is 46.1 Å². The standard InChI is InChI=1S/C37H73N3O7S/c1-5-7-8-9-10-11-14-17-20-28-35(41)38-30-23-22-27-34(37(43)47-6-2)39-36(42)29-21-18-15-12-13-16-19-24-31-40(3,4)32-25-26-33-48(44,45)46/h34H,5-33H2,1-4H3,(H2-,38,39,41,42,44,45,46)/p+1. The van der Waals surface area contributed by atoms with Crippen LogP contribution in [0.15, 0.2) is 0 Å². The van der Waals surface area contributed by atoms with Gasteiger partial charge in [-0.1, -0.05) is 90.4 Å². The van der Waals surface area contributed by atoms with Crippen molar-refractivity contribution in [2.45, 2.75) is 174 Å². The molecule has 0 bridgehead atoms. The number of rotatable bonds is 34. The predicted octanol–water partition coefficient (Wildman–Crippen LogP) is 7.50. The molecule has 0 aromatic heterocycles. The third kappa shape index (κ3) is 31.5. The summed E-state index contributed by atoms with van der Waals surface area (Å²) in [4.78, 5) is 37.2. The Morgan fingerprint density at radius 3 is 1.65 bits per heavy atom. The van der Waals surface area contributed by atoms with Crippen molar-refractivity contribution in [3.8, 4) is 0 Å². The molecule has 10 nitrogen and oxygen atoms in total. The molecule has 0 saturated carbocycles. The van der Waals surface area contributed by atoms with Crippen LogP contribution >= 0.6 is 0 Å². The van der Waals surface area contributed by atoms with E-state index in [1.54, 1.807) is 6.92 Å². The van der Waals surface area contributed by atoms with Gasteiger partial charge in [0, 0.05) is 19.4 Å². The lowest BCUT2D eigenvalue weighted by atomic mass is 10.1. The third-order valence-electron chi connectivity index (χ3n) is 8.99. The van der Waals surface area contributed by atoms with E-state index in [-0.39, 0.29) is 30.1 Å². The molecule has 0 aliphatic carbocycles. The molecule has 0 radical (unpaired) electrons. The molecule has 2 amide bonds. The van der Waals surface area contributed by atoms with Crippen LogP contribution in [0.25, 0.3) is 0 Å². The minimum Gasteiger partial charge on any atom is -0.464 e. The summed E-state index contributed by atoms with van der Waals surface area (Å²) in [6.07, 6.45) is 24.0. The molecule has 1 atom stereocenters. The first-order valence-corrected chi connectivity index (χ1v) is 21.0. The largest absolute Gasteiger partial charge is 0.464 e. The van der Waals surface area contributed by atoms with Crippen LogP contribution in [-0.4, -0.2) is 87.4 Å². The molecular formula is C37H74N3O7S+. The average Bonchev–Trinajstić information content (AvgIpc) is 3.02. The molecule has 0 spiro atoms. The molecule has 0 fully saturated rings. The quantitative estimate of drug-likeness (QED) is 0.0273. The Bertz CT molecular complexity index is 928. The lowest BCUT2D eigenvalue weighted by molar-refractivity contribution is -0.890. The van der Waals surface area contributed by atoms with E-state index in [2.05, 4.69) is 31.7 Å². The number of unbranched alkanes of at least 4 members (excludes halogenated alkanes) is 17. The number of carbonyl (C=O) groups is 3. The summed E-state index contributed by atoms with van der Waals surface area (Å²) >= 11 is 0. The number of hydrogen-bond donors (Lipinski definition) is 3. The van der Waals surface area contributed by atoms with Crippen LogP contribution in [0, 0.1) is 0 Å². The van der Waals surface area contributed by atoms with Gasteiger partial charge in [-0.05, 0) is 64.7 Å². The van der Waals surface area contributed by atoms with Crippen LogP contribution in [0.5, 0.6) is 0 Å². The van der Waals surface area contributed by atoms with Crippen LogP contribution in [0.3, 0.4) is 0 Å². The van der Waals surface area contributed by atoms with Gasteiger partial charge in [-0.3, -0.25) is 14.1 Å². The van der Waals surface area contributed by atoms with Crippen molar-refractivity contribution in [2.24, 2.45) is 0 Å². The molecule has 0 aromatic rings. The minimum atomic E-state index is -3.86. The summed E-state index contributed by atoms with van der Waals surface area (Å²) in [5, 5.41) is 5.87. The fraction of sp³-hybridized carbons (Fsp3) is 0.919. The summed E-state index contributed by atoms with van der Waals surface area (Å²) in [5.41, 5.74) is 0. The van der Waals surface area contributed by atoms with Crippen LogP contribution < -0.4 is 10.6 Å². The highest BCUT2D eigenvalue weighted by Gasteiger charge is 2.21. The second-order valence-electron chi connectivity index (χ2n) is 14.3. The van der Waals surface area contributed by atoms with Crippen LogP contribution in [0.4, 0.5) is 0 Å².